The molecule has 0 amide bonds. The van der Waals surface area contributed by atoms with Crippen molar-refractivity contribution in [1.29, 1.82) is 5.26 Å². The quantitative estimate of drug-likeness (QED) is 0.881. The summed E-state index contributed by atoms with van der Waals surface area (Å²) in [4.78, 5) is 0. The van der Waals surface area contributed by atoms with Crippen molar-refractivity contribution in [3.8, 4) is 6.07 Å². The van der Waals surface area contributed by atoms with Gasteiger partial charge in [0.05, 0.1) is 11.3 Å². The third kappa shape index (κ3) is 1.97. The summed E-state index contributed by atoms with van der Waals surface area (Å²) >= 11 is 5.88. The van der Waals surface area contributed by atoms with Crippen LogP contribution in [0, 0.1) is 28.1 Å². The molecular weight excluding hydrogens is 244 g/mol. The first-order valence-electron chi connectivity index (χ1n) is 6.24. The molecule has 1 fully saturated rings. The van der Waals surface area contributed by atoms with Crippen molar-refractivity contribution in [2.75, 3.05) is 11.9 Å². The average Bonchev–Trinajstić information content (AvgIpc) is 2.68. The summed E-state index contributed by atoms with van der Waals surface area (Å²) in [6.07, 6.45) is 0. The Kier molecular flexibility index (Phi) is 3.07. The first kappa shape index (κ1) is 13.2. The zero-order valence-corrected chi connectivity index (χ0v) is 12.1. The molecule has 2 rings (SSSR count). The van der Waals surface area contributed by atoms with Crippen LogP contribution in [0.3, 0.4) is 0 Å². The molecule has 1 N–H and O–H groups in total. The van der Waals surface area contributed by atoms with Crippen molar-refractivity contribution in [2.24, 2.45) is 16.7 Å². The lowest BCUT2D eigenvalue weighted by atomic mass is 10.0. The van der Waals surface area contributed by atoms with Gasteiger partial charge < -0.3 is 5.32 Å². The number of anilines is 1. The van der Waals surface area contributed by atoms with Crippen LogP contribution >= 0.6 is 11.6 Å². The molecule has 96 valence electrons. The molecule has 0 spiro atoms. The summed E-state index contributed by atoms with van der Waals surface area (Å²) in [5, 5.41) is 13.1. The highest BCUT2D eigenvalue weighted by atomic mass is 35.5. The Morgan fingerprint density at radius 2 is 1.89 bits per heavy atom. The van der Waals surface area contributed by atoms with E-state index < -0.39 is 0 Å². The lowest BCUT2D eigenvalue weighted by Gasteiger charge is -2.09. The van der Waals surface area contributed by atoms with Crippen LogP contribution in [0.1, 0.15) is 33.3 Å². The number of halogens is 1. The monoisotopic (exact) mass is 262 g/mol. The highest BCUT2D eigenvalue weighted by Crippen LogP contribution is 2.68. The summed E-state index contributed by atoms with van der Waals surface area (Å²) < 4.78 is 0. The Bertz CT molecular complexity index is 498. The maximum absolute atomic E-state index is 9.08. The van der Waals surface area contributed by atoms with Gasteiger partial charge in [0, 0.05) is 11.6 Å². The van der Waals surface area contributed by atoms with Gasteiger partial charge in [0.15, 0.2) is 0 Å². The van der Waals surface area contributed by atoms with Crippen molar-refractivity contribution in [1.82, 2.24) is 0 Å². The summed E-state index contributed by atoms with van der Waals surface area (Å²) in [6, 6.07) is 7.57. The highest BCUT2D eigenvalue weighted by molar-refractivity contribution is 6.30. The van der Waals surface area contributed by atoms with Crippen LogP contribution in [0.5, 0.6) is 0 Å². The van der Waals surface area contributed by atoms with E-state index in [4.69, 9.17) is 16.9 Å². The molecule has 0 aromatic heterocycles. The van der Waals surface area contributed by atoms with Gasteiger partial charge in [-0.3, -0.25) is 0 Å². The second-order valence-corrected chi connectivity index (χ2v) is 6.62. The Morgan fingerprint density at radius 3 is 2.39 bits per heavy atom. The number of nitriles is 1. The van der Waals surface area contributed by atoms with Crippen LogP contribution in [0.2, 0.25) is 5.02 Å². The van der Waals surface area contributed by atoms with Crippen molar-refractivity contribution < 1.29 is 0 Å². The van der Waals surface area contributed by atoms with Crippen LogP contribution < -0.4 is 5.32 Å². The van der Waals surface area contributed by atoms with Crippen LogP contribution in [-0.4, -0.2) is 6.54 Å². The van der Waals surface area contributed by atoms with E-state index >= 15 is 0 Å². The zero-order chi connectivity index (χ0) is 13.6. The smallest absolute Gasteiger partial charge is 0.101 e. The van der Waals surface area contributed by atoms with Gasteiger partial charge in [0.25, 0.3) is 0 Å². The molecule has 1 aliphatic rings. The number of hydrogen-bond donors (Lipinski definition) is 1. The van der Waals surface area contributed by atoms with E-state index in [9.17, 15) is 0 Å². The van der Waals surface area contributed by atoms with E-state index in [2.05, 4.69) is 39.1 Å². The molecule has 0 atom stereocenters. The van der Waals surface area contributed by atoms with Crippen molar-refractivity contribution in [3.63, 3.8) is 0 Å². The van der Waals surface area contributed by atoms with Gasteiger partial charge in [0.1, 0.15) is 6.07 Å². The number of nitrogens with one attached hydrogen (secondary N) is 1. The number of benzene rings is 1. The summed E-state index contributed by atoms with van der Waals surface area (Å²) in [5.74, 6) is 0.632. The maximum Gasteiger partial charge on any atom is 0.101 e. The molecule has 1 saturated carbocycles. The van der Waals surface area contributed by atoms with Gasteiger partial charge in [-0.25, -0.2) is 0 Å². The summed E-state index contributed by atoms with van der Waals surface area (Å²) in [5.41, 5.74) is 2.21. The van der Waals surface area contributed by atoms with E-state index in [0.717, 1.165) is 12.2 Å². The lowest BCUT2D eigenvalue weighted by Crippen LogP contribution is -2.09. The van der Waals surface area contributed by atoms with Gasteiger partial charge in [-0.05, 0) is 34.9 Å². The summed E-state index contributed by atoms with van der Waals surface area (Å²) in [7, 11) is 0. The summed E-state index contributed by atoms with van der Waals surface area (Å²) in [6.45, 7) is 10.1. The predicted octanol–water partition coefficient (Wildman–Crippen LogP) is 4.31. The molecule has 0 aliphatic heterocycles. The number of rotatable bonds is 3. The minimum Gasteiger partial charge on any atom is -0.384 e. The molecule has 0 radical (unpaired) electrons. The van der Waals surface area contributed by atoms with Gasteiger partial charge in [-0.2, -0.15) is 5.26 Å². The average molecular weight is 263 g/mol. The van der Waals surface area contributed by atoms with Crippen LogP contribution in [-0.2, 0) is 0 Å². The van der Waals surface area contributed by atoms with E-state index in [1.54, 1.807) is 6.07 Å². The Labute approximate surface area is 114 Å². The molecule has 18 heavy (non-hydrogen) atoms. The Hall–Kier alpha value is -1.20. The maximum atomic E-state index is 9.08. The minimum atomic E-state index is 0.360. The first-order chi connectivity index (χ1) is 8.30. The zero-order valence-electron chi connectivity index (χ0n) is 11.3. The molecule has 3 heteroatoms. The van der Waals surface area contributed by atoms with E-state index in [-0.39, 0.29) is 0 Å². The van der Waals surface area contributed by atoms with Crippen LogP contribution in [0.15, 0.2) is 18.2 Å². The Balaban J connectivity index is 2.07. The minimum absolute atomic E-state index is 0.360. The molecule has 0 unspecified atom stereocenters. The normalized spacial score (nSPS) is 20.2. The topological polar surface area (TPSA) is 35.8 Å². The van der Waals surface area contributed by atoms with Gasteiger partial charge >= 0.3 is 0 Å². The van der Waals surface area contributed by atoms with Gasteiger partial charge in [0.2, 0.25) is 0 Å². The molecule has 2 nitrogen and oxygen atoms in total. The van der Waals surface area contributed by atoms with E-state index in [0.29, 0.717) is 27.3 Å². The number of nitrogens with zero attached hydrogens (tertiary/aromatic N) is 1. The molecule has 0 bridgehead atoms. The van der Waals surface area contributed by atoms with Crippen LogP contribution in [0.4, 0.5) is 5.69 Å². The van der Waals surface area contributed by atoms with Crippen molar-refractivity contribution in [2.45, 2.75) is 27.7 Å². The fourth-order valence-electron chi connectivity index (χ4n) is 2.82. The SMILES string of the molecule is CC1(C)C(CNc2ccc(Cl)cc2C#N)C1(C)C. The Morgan fingerprint density at radius 1 is 1.28 bits per heavy atom. The fourth-order valence-corrected chi connectivity index (χ4v) is 2.99. The second-order valence-electron chi connectivity index (χ2n) is 6.18. The van der Waals surface area contributed by atoms with Crippen LogP contribution in [0.25, 0.3) is 0 Å². The van der Waals surface area contributed by atoms with Gasteiger partial charge in [-0.1, -0.05) is 39.3 Å². The highest BCUT2D eigenvalue weighted by Gasteiger charge is 2.64. The predicted molar refractivity (Wildman–Crippen MR) is 75.7 cm³/mol. The molecule has 1 aromatic carbocycles. The molecule has 1 aromatic rings. The number of hydrogen-bond acceptors (Lipinski definition) is 2. The molecule has 0 saturated heterocycles. The molecule has 0 heterocycles. The second kappa shape index (κ2) is 4.17. The third-order valence-electron chi connectivity index (χ3n) is 4.92. The molecule has 1 aliphatic carbocycles. The van der Waals surface area contributed by atoms with Crippen molar-refractivity contribution in [3.05, 3.63) is 28.8 Å². The van der Waals surface area contributed by atoms with Crippen molar-refractivity contribution >= 4 is 17.3 Å². The van der Waals surface area contributed by atoms with E-state index in [1.165, 1.54) is 0 Å². The van der Waals surface area contributed by atoms with E-state index in [1.807, 2.05) is 12.1 Å². The third-order valence-corrected chi connectivity index (χ3v) is 5.15. The standard InChI is InChI=1S/C15H19ClN2/c1-14(2)13(15(14,3)4)9-18-12-6-5-11(16)7-10(12)8-17/h5-7,13,18H,9H2,1-4H3. The van der Waals surface area contributed by atoms with Gasteiger partial charge in [-0.15, -0.1) is 0 Å². The first-order valence-corrected chi connectivity index (χ1v) is 6.62. The molecular formula is C15H19ClN2. The fraction of sp³-hybridized carbons (Fsp3) is 0.533. The largest absolute Gasteiger partial charge is 0.384 e. The lowest BCUT2D eigenvalue weighted by molar-refractivity contribution is 0.457.